The second-order valence-corrected chi connectivity index (χ2v) is 4.51. The summed E-state index contributed by atoms with van der Waals surface area (Å²) in [6, 6.07) is 9.11. The average Bonchev–Trinajstić information content (AvgIpc) is 2.27. The van der Waals surface area contributed by atoms with Crippen LogP contribution in [0.3, 0.4) is 0 Å². The third kappa shape index (κ3) is 2.71. The molecule has 0 aliphatic carbocycles. The molecule has 1 aromatic carbocycles. The van der Waals surface area contributed by atoms with E-state index < -0.39 is 0 Å². The summed E-state index contributed by atoms with van der Waals surface area (Å²) < 4.78 is 6.54. The maximum Gasteiger partial charge on any atom is 0.238 e. The molecule has 16 heavy (non-hydrogen) atoms. The lowest BCUT2D eigenvalue weighted by molar-refractivity contribution is 0.451. The second kappa shape index (κ2) is 4.80. The zero-order valence-corrected chi connectivity index (χ0v) is 10.8. The van der Waals surface area contributed by atoms with Crippen LogP contribution in [-0.2, 0) is 0 Å². The van der Waals surface area contributed by atoms with Crippen molar-refractivity contribution in [2.45, 2.75) is 6.92 Å². The molecular formula is C11H8BrClN2O. The van der Waals surface area contributed by atoms with Gasteiger partial charge in [-0.15, -0.1) is 10.2 Å². The van der Waals surface area contributed by atoms with Crippen LogP contribution in [0.2, 0.25) is 5.15 Å². The molecule has 0 N–H and O–H groups in total. The standard InChI is InChI=1S/C11H8BrClN2O/c1-7-2-3-8(12)6-9(7)16-11-5-4-10(13)14-15-11/h2-6H,1H3. The third-order valence-electron chi connectivity index (χ3n) is 1.97. The second-order valence-electron chi connectivity index (χ2n) is 3.21. The van der Waals surface area contributed by atoms with Gasteiger partial charge in [0, 0.05) is 10.5 Å². The molecule has 2 rings (SSSR count). The highest BCUT2D eigenvalue weighted by atomic mass is 79.9. The normalized spacial score (nSPS) is 10.2. The van der Waals surface area contributed by atoms with E-state index in [0.717, 1.165) is 15.8 Å². The third-order valence-corrected chi connectivity index (χ3v) is 2.67. The van der Waals surface area contributed by atoms with Crippen molar-refractivity contribution in [3.8, 4) is 11.6 Å². The largest absolute Gasteiger partial charge is 0.437 e. The number of ether oxygens (including phenoxy) is 1. The highest BCUT2D eigenvalue weighted by molar-refractivity contribution is 9.10. The Labute approximate surface area is 107 Å². The SMILES string of the molecule is Cc1ccc(Br)cc1Oc1ccc(Cl)nn1. The summed E-state index contributed by atoms with van der Waals surface area (Å²) in [4.78, 5) is 0. The molecule has 0 unspecified atom stereocenters. The van der Waals surface area contributed by atoms with Gasteiger partial charge in [0.25, 0.3) is 0 Å². The lowest BCUT2D eigenvalue weighted by Gasteiger charge is -2.07. The summed E-state index contributed by atoms with van der Waals surface area (Å²) in [5.74, 6) is 1.16. The molecule has 3 nitrogen and oxygen atoms in total. The summed E-state index contributed by atoms with van der Waals surface area (Å²) >= 11 is 9.02. The number of rotatable bonds is 2. The summed E-state index contributed by atoms with van der Waals surface area (Å²) in [6.07, 6.45) is 0. The van der Waals surface area contributed by atoms with Crippen molar-refractivity contribution < 1.29 is 4.74 Å². The minimum atomic E-state index is 0.346. The Morgan fingerprint density at radius 1 is 1.19 bits per heavy atom. The molecule has 0 aliphatic heterocycles. The maximum atomic E-state index is 5.63. The predicted octanol–water partition coefficient (Wildman–Crippen LogP) is 3.99. The van der Waals surface area contributed by atoms with E-state index in [4.69, 9.17) is 16.3 Å². The topological polar surface area (TPSA) is 35.0 Å². The van der Waals surface area contributed by atoms with Gasteiger partial charge in [-0.25, -0.2) is 0 Å². The number of aryl methyl sites for hydroxylation is 1. The molecule has 0 saturated carbocycles. The monoisotopic (exact) mass is 298 g/mol. The van der Waals surface area contributed by atoms with Crippen LogP contribution in [0.4, 0.5) is 0 Å². The number of nitrogens with zero attached hydrogens (tertiary/aromatic N) is 2. The predicted molar refractivity (Wildman–Crippen MR) is 66.0 cm³/mol. The summed E-state index contributed by atoms with van der Waals surface area (Å²) in [5, 5.41) is 7.88. The van der Waals surface area contributed by atoms with Gasteiger partial charge in [-0.3, -0.25) is 0 Å². The van der Waals surface area contributed by atoms with E-state index in [1.165, 1.54) is 0 Å². The lowest BCUT2D eigenvalue weighted by Crippen LogP contribution is -1.92. The molecule has 82 valence electrons. The molecule has 0 bridgehead atoms. The highest BCUT2D eigenvalue weighted by Gasteiger charge is 2.03. The van der Waals surface area contributed by atoms with Gasteiger partial charge in [0.1, 0.15) is 5.75 Å². The van der Waals surface area contributed by atoms with Crippen molar-refractivity contribution in [3.63, 3.8) is 0 Å². The Morgan fingerprint density at radius 2 is 2.00 bits per heavy atom. The van der Waals surface area contributed by atoms with E-state index in [9.17, 15) is 0 Å². The van der Waals surface area contributed by atoms with E-state index in [-0.39, 0.29) is 0 Å². The Kier molecular flexibility index (Phi) is 3.41. The minimum Gasteiger partial charge on any atom is -0.437 e. The van der Waals surface area contributed by atoms with Gasteiger partial charge >= 0.3 is 0 Å². The number of hydrogen-bond acceptors (Lipinski definition) is 3. The lowest BCUT2D eigenvalue weighted by atomic mass is 10.2. The van der Waals surface area contributed by atoms with Gasteiger partial charge in [-0.2, -0.15) is 0 Å². The van der Waals surface area contributed by atoms with Gasteiger partial charge in [0.05, 0.1) is 0 Å². The van der Waals surface area contributed by atoms with Crippen LogP contribution in [-0.4, -0.2) is 10.2 Å². The van der Waals surface area contributed by atoms with Crippen molar-refractivity contribution in [2.75, 3.05) is 0 Å². The van der Waals surface area contributed by atoms with Crippen molar-refractivity contribution in [2.24, 2.45) is 0 Å². The molecular weight excluding hydrogens is 291 g/mol. The van der Waals surface area contributed by atoms with Crippen LogP contribution in [0.5, 0.6) is 11.6 Å². The van der Waals surface area contributed by atoms with Crippen molar-refractivity contribution in [3.05, 3.63) is 45.5 Å². The first-order valence-corrected chi connectivity index (χ1v) is 5.75. The molecule has 0 spiro atoms. The Morgan fingerprint density at radius 3 is 2.69 bits per heavy atom. The van der Waals surface area contributed by atoms with E-state index in [0.29, 0.717) is 11.0 Å². The van der Waals surface area contributed by atoms with E-state index in [1.54, 1.807) is 12.1 Å². The molecule has 0 fully saturated rings. The molecule has 2 aromatic rings. The molecule has 5 heteroatoms. The zero-order chi connectivity index (χ0) is 11.5. The van der Waals surface area contributed by atoms with Gasteiger partial charge in [-0.1, -0.05) is 33.6 Å². The molecule has 0 aliphatic rings. The molecule has 0 radical (unpaired) electrons. The summed E-state index contributed by atoms with van der Waals surface area (Å²) in [6.45, 7) is 1.96. The highest BCUT2D eigenvalue weighted by Crippen LogP contribution is 2.26. The fourth-order valence-corrected chi connectivity index (χ4v) is 1.60. The molecule has 0 amide bonds. The average molecular weight is 300 g/mol. The summed E-state index contributed by atoms with van der Waals surface area (Å²) in [5.41, 5.74) is 1.03. The first-order chi connectivity index (χ1) is 7.65. The Hall–Kier alpha value is -1.13. The van der Waals surface area contributed by atoms with Crippen molar-refractivity contribution in [1.82, 2.24) is 10.2 Å². The number of halogens is 2. The van der Waals surface area contributed by atoms with Gasteiger partial charge < -0.3 is 4.74 Å². The number of benzene rings is 1. The van der Waals surface area contributed by atoms with Crippen molar-refractivity contribution in [1.29, 1.82) is 0 Å². The van der Waals surface area contributed by atoms with E-state index in [1.807, 2.05) is 25.1 Å². The van der Waals surface area contributed by atoms with Crippen LogP contribution >= 0.6 is 27.5 Å². The smallest absolute Gasteiger partial charge is 0.238 e. The van der Waals surface area contributed by atoms with E-state index in [2.05, 4.69) is 26.1 Å². The minimum absolute atomic E-state index is 0.346. The molecule has 1 aromatic heterocycles. The maximum absolute atomic E-state index is 5.63. The Bertz CT molecular complexity index is 502. The van der Waals surface area contributed by atoms with Crippen LogP contribution in [0.25, 0.3) is 0 Å². The first kappa shape index (κ1) is 11.4. The summed E-state index contributed by atoms with van der Waals surface area (Å²) in [7, 11) is 0. The first-order valence-electron chi connectivity index (χ1n) is 4.58. The van der Waals surface area contributed by atoms with Gasteiger partial charge in [0.15, 0.2) is 5.15 Å². The molecule has 0 saturated heterocycles. The zero-order valence-electron chi connectivity index (χ0n) is 8.45. The van der Waals surface area contributed by atoms with Gasteiger partial charge in [-0.05, 0) is 30.7 Å². The quantitative estimate of drug-likeness (QED) is 0.841. The van der Waals surface area contributed by atoms with Crippen LogP contribution in [0.15, 0.2) is 34.8 Å². The van der Waals surface area contributed by atoms with Crippen molar-refractivity contribution >= 4 is 27.5 Å². The Balaban J connectivity index is 2.26. The molecule has 0 atom stereocenters. The van der Waals surface area contributed by atoms with Crippen LogP contribution in [0.1, 0.15) is 5.56 Å². The van der Waals surface area contributed by atoms with Gasteiger partial charge in [0.2, 0.25) is 5.88 Å². The van der Waals surface area contributed by atoms with Crippen LogP contribution in [0, 0.1) is 6.92 Å². The van der Waals surface area contributed by atoms with Crippen LogP contribution < -0.4 is 4.74 Å². The van der Waals surface area contributed by atoms with E-state index >= 15 is 0 Å². The number of aromatic nitrogens is 2. The fourth-order valence-electron chi connectivity index (χ4n) is 1.15. The fraction of sp³-hybridized carbons (Fsp3) is 0.0909. The molecule has 1 heterocycles. The number of hydrogen-bond donors (Lipinski definition) is 0.